The number of hydrogen-bond acceptors (Lipinski definition) is 3. The van der Waals surface area contributed by atoms with Gasteiger partial charge in [0.15, 0.2) is 0 Å². The Balaban J connectivity index is 1.82. The molecule has 1 N–H and O–H groups in total. The van der Waals surface area contributed by atoms with Gasteiger partial charge in [0.2, 0.25) is 0 Å². The van der Waals surface area contributed by atoms with Crippen LogP contribution in [0.25, 0.3) is 0 Å². The zero-order chi connectivity index (χ0) is 13.0. The van der Waals surface area contributed by atoms with E-state index < -0.39 is 0 Å². The molecule has 18 heavy (non-hydrogen) atoms. The van der Waals surface area contributed by atoms with Gasteiger partial charge in [0.25, 0.3) is 0 Å². The molecule has 1 aliphatic rings. The molecule has 2 unspecified atom stereocenters. The van der Waals surface area contributed by atoms with Crippen molar-refractivity contribution in [2.45, 2.75) is 52.1 Å². The highest BCUT2D eigenvalue weighted by Gasteiger charge is 2.23. The molecule has 1 saturated heterocycles. The Labute approximate surface area is 115 Å². The highest BCUT2D eigenvalue weighted by Crippen LogP contribution is 2.24. The second-order valence-electron chi connectivity index (χ2n) is 5.21. The number of thiophene rings is 1. The van der Waals surface area contributed by atoms with Gasteiger partial charge in [0.05, 0.1) is 0 Å². The van der Waals surface area contributed by atoms with Crippen LogP contribution in [0.2, 0.25) is 0 Å². The monoisotopic (exact) mass is 266 g/mol. The smallest absolute Gasteiger partial charge is 0.0386 e. The fourth-order valence-electron chi connectivity index (χ4n) is 2.77. The van der Waals surface area contributed by atoms with Gasteiger partial charge in [-0.05, 0) is 51.4 Å². The average Bonchev–Trinajstić information content (AvgIpc) is 3.04. The molecule has 1 fully saturated rings. The molecule has 2 nitrogen and oxygen atoms in total. The first kappa shape index (κ1) is 14.0. The second kappa shape index (κ2) is 6.69. The second-order valence-corrected chi connectivity index (χ2v) is 6.41. The highest BCUT2D eigenvalue weighted by molar-refractivity contribution is 7.12. The van der Waals surface area contributed by atoms with Crippen LogP contribution < -0.4 is 5.32 Å². The largest absolute Gasteiger partial charge is 0.308 e. The molecule has 2 rings (SSSR count). The zero-order valence-electron chi connectivity index (χ0n) is 11.9. The lowest BCUT2D eigenvalue weighted by atomic mass is 10.2. The van der Waals surface area contributed by atoms with Crippen LogP contribution in [-0.2, 0) is 6.42 Å². The molecule has 0 aliphatic carbocycles. The minimum atomic E-state index is 0.495. The fourth-order valence-corrected chi connectivity index (χ4v) is 3.75. The van der Waals surface area contributed by atoms with Gasteiger partial charge < -0.3 is 5.32 Å². The van der Waals surface area contributed by atoms with Crippen molar-refractivity contribution < 1.29 is 0 Å². The van der Waals surface area contributed by atoms with Crippen molar-refractivity contribution in [3.8, 4) is 0 Å². The fraction of sp³-hybridized carbons (Fsp3) is 0.733. The van der Waals surface area contributed by atoms with Gasteiger partial charge in [0.1, 0.15) is 0 Å². The number of rotatable bonds is 6. The summed E-state index contributed by atoms with van der Waals surface area (Å²) in [5.74, 6) is 0. The van der Waals surface area contributed by atoms with Crippen LogP contribution >= 0.6 is 11.3 Å². The maximum atomic E-state index is 3.71. The highest BCUT2D eigenvalue weighted by atomic mass is 32.1. The first-order valence-corrected chi connectivity index (χ1v) is 8.12. The summed E-state index contributed by atoms with van der Waals surface area (Å²) >= 11 is 1.95. The number of likely N-dealkylation sites (tertiary alicyclic amines) is 1. The summed E-state index contributed by atoms with van der Waals surface area (Å²) in [5, 5.41) is 3.71. The van der Waals surface area contributed by atoms with E-state index in [-0.39, 0.29) is 0 Å². The van der Waals surface area contributed by atoms with Crippen molar-refractivity contribution >= 4 is 11.3 Å². The third-order valence-corrected chi connectivity index (χ3v) is 5.43. The minimum Gasteiger partial charge on any atom is -0.308 e. The normalized spacial score (nSPS) is 22.5. The van der Waals surface area contributed by atoms with E-state index in [1.807, 2.05) is 11.3 Å². The van der Waals surface area contributed by atoms with E-state index in [1.54, 1.807) is 0 Å². The van der Waals surface area contributed by atoms with Crippen molar-refractivity contribution in [3.63, 3.8) is 0 Å². The van der Waals surface area contributed by atoms with Crippen LogP contribution in [0.4, 0.5) is 0 Å². The molecule has 2 heterocycles. The molecule has 0 spiro atoms. The van der Waals surface area contributed by atoms with Crippen LogP contribution in [0.15, 0.2) is 12.1 Å². The Hall–Kier alpha value is -0.380. The topological polar surface area (TPSA) is 15.3 Å². The Morgan fingerprint density at radius 3 is 2.94 bits per heavy atom. The summed E-state index contributed by atoms with van der Waals surface area (Å²) in [6, 6.07) is 5.80. The molecular weight excluding hydrogens is 240 g/mol. The lowest BCUT2D eigenvalue weighted by Gasteiger charge is -2.24. The summed E-state index contributed by atoms with van der Waals surface area (Å²) in [6.07, 6.45) is 3.88. The van der Waals surface area contributed by atoms with Crippen molar-refractivity contribution in [1.29, 1.82) is 0 Å². The standard InChI is InChI=1S/C15H26N2S/c1-4-14-8-9-15(18-14)12(3)16-11-13-7-6-10-17(13)5-2/h8-9,12-13,16H,4-7,10-11H2,1-3H3. The summed E-state index contributed by atoms with van der Waals surface area (Å²) in [7, 11) is 0. The summed E-state index contributed by atoms with van der Waals surface area (Å²) in [5.41, 5.74) is 0. The van der Waals surface area contributed by atoms with Crippen LogP contribution in [0.5, 0.6) is 0 Å². The van der Waals surface area contributed by atoms with Gasteiger partial charge in [-0.3, -0.25) is 4.90 Å². The van der Waals surface area contributed by atoms with E-state index in [1.165, 1.54) is 35.7 Å². The van der Waals surface area contributed by atoms with E-state index >= 15 is 0 Å². The lowest BCUT2D eigenvalue weighted by molar-refractivity contribution is 0.255. The first-order chi connectivity index (χ1) is 8.74. The Kier molecular flexibility index (Phi) is 5.22. The van der Waals surface area contributed by atoms with E-state index in [0.717, 1.165) is 19.0 Å². The van der Waals surface area contributed by atoms with Gasteiger partial charge in [-0.25, -0.2) is 0 Å². The average molecular weight is 266 g/mol. The number of likely N-dealkylation sites (N-methyl/N-ethyl adjacent to an activating group) is 1. The maximum absolute atomic E-state index is 3.71. The van der Waals surface area contributed by atoms with E-state index in [4.69, 9.17) is 0 Å². The molecule has 0 aromatic carbocycles. The van der Waals surface area contributed by atoms with Gasteiger partial charge in [-0.15, -0.1) is 11.3 Å². The predicted molar refractivity (Wildman–Crippen MR) is 80.4 cm³/mol. The molecular formula is C15H26N2S. The molecule has 3 heteroatoms. The number of aryl methyl sites for hydroxylation is 1. The van der Waals surface area contributed by atoms with Gasteiger partial charge in [-0.1, -0.05) is 13.8 Å². The first-order valence-electron chi connectivity index (χ1n) is 7.30. The molecule has 1 aromatic rings. The van der Waals surface area contributed by atoms with Crippen molar-refractivity contribution in [3.05, 3.63) is 21.9 Å². The van der Waals surface area contributed by atoms with E-state index in [2.05, 4.69) is 43.1 Å². The zero-order valence-corrected chi connectivity index (χ0v) is 12.7. The van der Waals surface area contributed by atoms with Gasteiger partial charge in [-0.2, -0.15) is 0 Å². The van der Waals surface area contributed by atoms with Crippen LogP contribution in [0.3, 0.4) is 0 Å². The van der Waals surface area contributed by atoms with Gasteiger partial charge in [0, 0.05) is 28.4 Å². The molecule has 0 saturated carbocycles. The maximum Gasteiger partial charge on any atom is 0.0386 e. The molecule has 0 amide bonds. The summed E-state index contributed by atoms with van der Waals surface area (Å²) in [6.45, 7) is 10.4. The summed E-state index contributed by atoms with van der Waals surface area (Å²) in [4.78, 5) is 5.58. The van der Waals surface area contributed by atoms with Crippen LogP contribution in [0, 0.1) is 0 Å². The third-order valence-electron chi connectivity index (χ3n) is 4.02. The molecule has 1 aromatic heterocycles. The molecule has 0 bridgehead atoms. The van der Waals surface area contributed by atoms with Crippen molar-refractivity contribution in [2.24, 2.45) is 0 Å². The molecule has 0 radical (unpaired) electrons. The minimum absolute atomic E-state index is 0.495. The van der Waals surface area contributed by atoms with Crippen LogP contribution in [-0.4, -0.2) is 30.6 Å². The van der Waals surface area contributed by atoms with E-state index in [0.29, 0.717) is 6.04 Å². The molecule has 2 atom stereocenters. The number of nitrogens with one attached hydrogen (secondary N) is 1. The number of nitrogens with zero attached hydrogens (tertiary/aromatic N) is 1. The summed E-state index contributed by atoms with van der Waals surface area (Å²) < 4.78 is 0. The molecule has 102 valence electrons. The van der Waals surface area contributed by atoms with Crippen molar-refractivity contribution in [1.82, 2.24) is 10.2 Å². The number of hydrogen-bond donors (Lipinski definition) is 1. The third kappa shape index (κ3) is 3.34. The van der Waals surface area contributed by atoms with Crippen LogP contribution in [0.1, 0.15) is 49.4 Å². The SMILES string of the molecule is CCc1ccc(C(C)NCC2CCCN2CC)s1. The predicted octanol–water partition coefficient (Wildman–Crippen LogP) is 3.45. The Morgan fingerprint density at radius 2 is 2.28 bits per heavy atom. The molecule has 1 aliphatic heterocycles. The quantitative estimate of drug-likeness (QED) is 0.848. The Bertz CT molecular complexity index is 361. The van der Waals surface area contributed by atoms with E-state index in [9.17, 15) is 0 Å². The lowest BCUT2D eigenvalue weighted by Crippen LogP contribution is -2.38. The van der Waals surface area contributed by atoms with Gasteiger partial charge >= 0.3 is 0 Å². The van der Waals surface area contributed by atoms with Crippen molar-refractivity contribution in [2.75, 3.05) is 19.6 Å². The Morgan fingerprint density at radius 1 is 1.44 bits per heavy atom.